The molecule has 0 amide bonds. The van der Waals surface area contributed by atoms with Gasteiger partial charge in [0.15, 0.2) is 0 Å². The maximum atomic E-state index is 13.2. The number of halogens is 3. The van der Waals surface area contributed by atoms with E-state index in [1.54, 1.807) is 49.6 Å². The fourth-order valence-corrected chi connectivity index (χ4v) is 2.00. The topological polar surface area (TPSA) is 24.9 Å². The van der Waals surface area contributed by atoms with Gasteiger partial charge in [0.25, 0.3) is 0 Å². The normalized spacial score (nSPS) is 14.8. The van der Waals surface area contributed by atoms with Crippen molar-refractivity contribution in [1.29, 1.82) is 0 Å². The van der Waals surface area contributed by atoms with Crippen LogP contribution in [0.4, 0.5) is 13.2 Å². The molecular weight excluding hydrogens is 265 g/mol. The molecule has 0 aliphatic carbocycles. The molecule has 0 saturated heterocycles. The molecule has 106 valence electrons. The number of nitrogens with zero attached hydrogens (tertiary/aromatic N) is 1. The highest BCUT2D eigenvalue weighted by Crippen LogP contribution is 2.34. The van der Waals surface area contributed by atoms with Gasteiger partial charge in [0.05, 0.1) is 0 Å². The molecule has 0 spiro atoms. The highest BCUT2D eigenvalue weighted by atomic mass is 19.4. The minimum atomic E-state index is -4.35. The first-order chi connectivity index (χ1) is 9.48. The summed E-state index contributed by atoms with van der Waals surface area (Å²) in [5.41, 5.74) is 0.924. The Morgan fingerprint density at radius 3 is 2.20 bits per heavy atom. The molecule has 20 heavy (non-hydrogen) atoms. The van der Waals surface area contributed by atoms with Crippen molar-refractivity contribution in [1.82, 2.24) is 10.3 Å². The van der Waals surface area contributed by atoms with E-state index >= 15 is 0 Å². The molecule has 2 nitrogen and oxygen atoms in total. The average molecular weight is 280 g/mol. The number of hydrogen-bond donors (Lipinski definition) is 1. The number of aromatic nitrogens is 1. The molecule has 2 rings (SSSR count). The Labute approximate surface area is 115 Å². The maximum absolute atomic E-state index is 13.2. The van der Waals surface area contributed by atoms with E-state index in [0.29, 0.717) is 0 Å². The van der Waals surface area contributed by atoms with E-state index in [2.05, 4.69) is 10.3 Å². The zero-order chi connectivity index (χ0) is 14.6. The third-order valence-electron chi connectivity index (χ3n) is 3.06. The second-order valence-electron chi connectivity index (χ2n) is 4.56. The first-order valence-electron chi connectivity index (χ1n) is 6.26. The largest absolute Gasteiger partial charge is 0.407 e. The molecule has 5 heteroatoms. The molecule has 1 heterocycles. The fraction of sp³-hybridized carbons (Fsp3) is 0.267. The van der Waals surface area contributed by atoms with Crippen LogP contribution in [-0.4, -0.2) is 11.2 Å². The summed E-state index contributed by atoms with van der Waals surface area (Å²) < 4.78 is 39.6. The van der Waals surface area contributed by atoms with E-state index in [4.69, 9.17) is 0 Å². The molecule has 1 aromatic heterocycles. The molecule has 0 fully saturated rings. The average Bonchev–Trinajstić information content (AvgIpc) is 2.45. The van der Waals surface area contributed by atoms with Gasteiger partial charge in [-0.05, 0) is 24.1 Å². The molecule has 0 aliphatic rings. The van der Waals surface area contributed by atoms with Crippen LogP contribution in [0.25, 0.3) is 0 Å². The van der Waals surface area contributed by atoms with Gasteiger partial charge in [-0.3, -0.25) is 10.3 Å². The summed E-state index contributed by atoms with van der Waals surface area (Å²) in [6, 6.07) is 9.16. The maximum Gasteiger partial charge on any atom is 0.407 e. The van der Waals surface area contributed by atoms with Crippen molar-refractivity contribution in [3.8, 4) is 0 Å². The highest BCUT2D eigenvalue weighted by Gasteiger charge is 2.41. The van der Waals surface area contributed by atoms with Crippen LogP contribution >= 0.6 is 0 Å². The van der Waals surface area contributed by atoms with Gasteiger partial charge in [-0.1, -0.05) is 36.4 Å². The number of hydrogen-bond acceptors (Lipinski definition) is 2. The molecule has 0 bridgehead atoms. The lowest BCUT2D eigenvalue weighted by Gasteiger charge is -2.26. The Morgan fingerprint density at radius 1 is 1.00 bits per heavy atom. The first kappa shape index (κ1) is 14.5. The quantitative estimate of drug-likeness (QED) is 0.914. The van der Waals surface area contributed by atoms with Crippen LogP contribution < -0.4 is 5.32 Å². The van der Waals surface area contributed by atoms with Crippen LogP contribution in [0, 0.1) is 0 Å². The second kappa shape index (κ2) is 6.05. The van der Waals surface area contributed by atoms with E-state index in [0.717, 1.165) is 5.56 Å². The second-order valence-corrected chi connectivity index (χ2v) is 4.56. The summed E-state index contributed by atoms with van der Waals surface area (Å²) in [5.74, 6) is 0. The minimum Gasteiger partial charge on any atom is -0.296 e. The van der Waals surface area contributed by atoms with Gasteiger partial charge in [0.2, 0.25) is 0 Å². The number of alkyl halides is 3. The van der Waals surface area contributed by atoms with E-state index in [-0.39, 0.29) is 5.56 Å². The predicted octanol–water partition coefficient (Wildman–Crippen LogP) is 4.04. The molecule has 1 aromatic carbocycles. The van der Waals surface area contributed by atoms with Crippen molar-refractivity contribution in [2.75, 3.05) is 0 Å². The molecule has 1 N–H and O–H groups in total. The predicted molar refractivity (Wildman–Crippen MR) is 71.0 cm³/mol. The van der Waals surface area contributed by atoms with E-state index in [1.807, 2.05) is 0 Å². The fourth-order valence-electron chi connectivity index (χ4n) is 2.00. The van der Waals surface area contributed by atoms with E-state index in [9.17, 15) is 13.2 Å². The molecule has 0 saturated carbocycles. The zero-order valence-electron chi connectivity index (χ0n) is 10.9. The van der Waals surface area contributed by atoms with Crippen LogP contribution in [-0.2, 0) is 0 Å². The van der Waals surface area contributed by atoms with Crippen LogP contribution in [0.5, 0.6) is 0 Å². The van der Waals surface area contributed by atoms with E-state index in [1.165, 1.54) is 12.1 Å². The van der Waals surface area contributed by atoms with Crippen LogP contribution in [0.1, 0.15) is 30.1 Å². The van der Waals surface area contributed by atoms with Gasteiger partial charge in [-0.25, -0.2) is 0 Å². The first-order valence-corrected chi connectivity index (χ1v) is 6.26. The summed E-state index contributed by atoms with van der Waals surface area (Å²) in [5, 5.41) is 2.62. The molecular formula is C15H15F3N2. The van der Waals surface area contributed by atoms with Gasteiger partial charge < -0.3 is 0 Å². The lowest BCUT2D eigenvalue weighted by atomic mass is 10.0. The number of nitrogens with one attached hydrogen (secondary N) is 1. The third kappa shape index (κ3) is 3.57. The Kier molecular flexibility index (Phi) is 4.39. The summed E-state index contributed by atoms with van der Waals surface area (Å²) >= 11 is 0. The monoisotopic (exact) mass is 280 g/mol. The molecule has 2 aromatic rings. The van der Waals surface area contributed by atoms with Crippen LogP contribution in [0.15, 0.2) is 54.9 Å². The summed E-state index contributed by atoms with van der Waals surface area (Å²) in [6.07, 6.45) is -1.19. The zero-order valence-corrected chi connectivity index (χ0v) is 10.9. The SMILES string of the molecule is C[C@H](NC(c1ccccc1)C(F)(F)F)c1cccnc1. The number of pyridine rings is 1. The molecule has 2 atom stereocenters. The summed E-state index contributed by atoms with van der Waals surface area (Å²) in [6.45, 7) is 1.69. The van der Waals surface area contributed by atoms with Gasteiger partial charge >= 0.3 is 6.18 Å². The van der Waals surface area contributed by atoms with Gasteiger partial charge in [-0.15, -0.1) is 0 Å². The van der Waals surface area contributed by atoms with Gasteiger partial charge in [0, 0.05) is 18.4 Å². The van der Waals surface area contributed by atoms with Crippen LogP contribution in [0.2, 0.25) is 0 Å². The smallest absolute Gasteiger partial charge is 0.296 e. The van der Waals surface area contributed by atoms with Crippen molar-refractivity contribution >= 4 is 0 Å². The van der Waals surface area contributed by atoms with Crippen molar-refractivity contribution in [2.24, 2.45) is 0 Å². The van der Waals surface area contributed by atoms with E-state index < -0.39 is 18.3 Å². The number of benzene rings is 1. The summed E-state index contributed by atoms with van der Waals surface area (Å²) in [7, 11) is 0. The lowest BCUT2D eigenvalue weighted by molar-refractivity contribution is -0.159. The van der Waals surface area contributed by atoms with Crippen LogP contribution in [0.3, 0.4) is 0 Å². The highest BCUT2D eigenvalue weighted by molar-refractivity contribution is 5.22. The lowest BCUT2D eigenvalue weighted by Crippen LogP contribution is -2.35. The Bertz CT molecular complexity index is 526. The number of rotatable bonds is 4. The van der Waals surface area contributed by atoms with Crippen molar-refractivity contribution in [3.05, 3.63) is 66.0 Å². The minimum absolute atomic E-state index is 0.204. The van der Waals surface area contributed by atoms with Gasteiger partial charge in [0.1, 0.15) is 6.04 Å². The Hall–Kier alpha value is -1.88. The molecule has 1 unspecified atom stereocenters. The molecule has 0 aliphatic heterocycles. The van der Waals surface area contributed by atoms with Crippen molar-refractivity contribution in [2.45, 2.75) is 25.2 Å². The molecule has 0 radical (unpaired) electrons. The summed E-state index contributed by atoms with van der Waals surface area (Å²) in [4.78, 5) is 3.93. The van der Waals surface area contributed by atoms with Crippen molar-refractivity contribution in [3.63, 3.8) is 0 Å². The van der Waals surface area contributed by atoms with Gasteiger partial charge in [-0.2, -0.15) is 13.2 Å². The third-order valence-corrected chi connectivity index (χ3v) is 3.06. The standard InChI is InChI=1S/C15H15F3N2/c1-11(13-8-5-9-19-10-13)20-14(15(16,17)18)12-6-3-2-4-7-12/h2-11,14,20H,1H3/t11-,14?/m0/s1. The Morgan fingerprint density at radius 2 is 1.65 bits per heavy atom. The van der Waals surface area contributed by atoms with Crippen molar-refractivity contribution < 1.29 is 13.2 Å². The Balaban J connectivity index is 2.22.